The van der Waals surface area contributed by atoms with Gasteiger partial charge >= 0.3 is 0 Å². The van der Waals surface area contributed by atoms with E-state index in [0.717, 1.165) is 50.2 Å². The summed E-state index contributed by atoms with van der Waals surface area (Å²) in [6.45, 7) is 6.26. The average molecular weight is 525 g/mol. The highest BCUT2D eigenvalue weighted by atomic mass is 15.2. The first-order chi connectivity index (χ1) is 19.0. The van der Waals surface area contributed by atoms with E-state index < -0.39 is 0 Å². The number of likely N-dealkylation sites (tertiary alicyclic amines) is 1. The summed E-state index contributed by atoms with van der Waals surface area (Å²) in [5.74, 6) is 3.50. The third kappa shape index (κ3) is 5.60. The van der Waals surface area contributed by atoms with Gasteiger partial charge in [0, 0.05) is 38.3 Å². The zero-order valence-corrected chi connectivity index (χ0v) is 23.0. The molecule has 2 heterocycles. The van der Waals surface area contributed by atoms with Crippen LogP contribution in [0.1, 0.15) is 61.6 Å². The number of benzene rings is 1. The van der Waals surface area contributed by atoms with E-state index in [-0.39, 0.29) is 5.41 Å². The van der Waals surface area contributed by atoms with Gasteiger partial charge in [0.1, 0.15) is 17.5 Å². The third-order valence-electron chi connectivity index (χ3n) is 9.95. The maximum absolute atomic E-state index is 9.73. The first kappa shape index (κ1) is 26.0. The van der Waals surface area contributed by atoms with Crippen LogP contribution in [0.15, 0.2) is 30.5 Å². The first-order valence-corrected chi connectivity index (χ1v) is 14.7. The van der Waals surface area contributed by atoms with E-state index >= 15 is 0 Å². The number of nitrogens with one attached hydrogen (secondary N) is 3. The Labute approximate surface area is 232 Å². The Morgan fingerprint density at radius 1 is 1.05 bits per heavy atom. The molecule has 1 aromatic heterocycles. The fraction of sp³-hybridized carbons (Fsp3) is 0.613. The van der Waals surface area contributed by atoms with Crippen molar-refractivity contribution >= 4 is 11.8 Å². The highest BCUT2D eigenvalue weighted by molar-refractivity contribution is 5.53. The highest BCUT2D eigenvalue weighted by Gasteiger charge is 2.55. The second kappa shape index (κ2) is 11.1. The minimum Gasteiger partial charge on any atom is -0.368 e. The van der Waals surface area contributed by atoms with Crippen molar-refractivity contribution in [1.82, 2.24) is 20.2 Å². The van der Waals surface area contributed by atoms with Gasteiger partial charge in [-0.1, -0.05) is 24.3 Å². The van der Waals surface area contributed by atoms with Gasteiger partial charge in [-0.3, -0.25) is 4.90 Å². The summed E-state index contributed by atoms with van der Waals surface area (Å²) in [4.78, 5) is 11.4. The summed E-state index contributed by atoms with van der Waals surface area (Å²) < 4.78 is 0. The predicted molar refractivity (Wildman–Crippen MR) is 152 cm³/mol. The summed E-state index contributed by atoms with van der Waals surface area (Å²) in [5, 5.41) is 29.8. The Bertz CT molecular complexity index is 1240. The number of nitrogens with zero attached hydrogens (tertiary/aromatic N) is 5. The maximum atomic E-state index is 9.73. The summed E-state index contributed by atoms with van der Waals surface area (Å²) in [7, 11) is 0. The van der Waals surface area contributed by atoms with Gasteiger partial charge < -0.3 is 16.0 Å². The van der Waals surface area contributed by atoms with Crippen LogP contribution in [0.4, 0.5) is 11.8 Å². The molecule has 39 heavy (non-hydrogen) atoms. The number of aryl methyl sites for hydroxylation is 1. The van der Waals surface area contributed by atoms with E-state index in [1.165, 1.54) is 43.2 Å². The van der Waals surface area contributed by atoms with Crippen molar-refractivity contribution < 1.29 is 0 Å². The average Bonchev–Trinajstić information content (AvgIpc) is 2.94. The molecule has 5 fully saturated rings. The third-order valence-corrected chi connectivity index (χ3v) is 9.95. The van der Waals surface area contributed by atoms with Crippen LogP contribution in [0.5, 0.6) is 0 Å². The van der Waals surface area contributed by atoms with Gasteiger partial charge in [-0.05, 0) is 86.2 Å². The van der Waals surface area contributed by atoms with Gasteiger partial charge in [-0.15, -0.1) is 0 Å². The van der Waals surface area contributed by atoms with Gasteiger partial charge in [0.15, 0.2) is 0 Å². The zero-order valence-electron chi connectivity index (χ0n) is 23.0. The highest BCUT2D eigenvalue weighted by Crippen LogP contribution is 2.60. The van der Waals surface area contributed by atoms with E-state index in [4.69, 9.17) is 10.2 Å². The summed E-state index contributed by atoms with van der Waals surface area (Å²) in [6, 6.07) is 14.1. The Kier molecular flexibility index (Phi) is 7.42. The van der Waals surface area contributed by atoms with Gasteiger partial charge in [0.05, 0.1) is 18.8 Å². The number of rotatable bonds is 9. The molecule has 3 N–H and O–H groups in total. The van der Waals surface area contributed by atoms with E-state index in [0.29, 0.717) is 42.5 Å². The molecule has 0 spiro atoms. The van der Waals surface area contributed by atoms with Crippen LogP contribution in [0.2, 0.25) is 0 Å². The lowest BCUT2D eigenvalue weighted by Crippen LogP contribution is -2.61. The number of hydrogen-bond acceptors (Lipinski definition) is 8. The topological polar surface area (TPSA) is 113 Å². The van der Waals surface area contributed by atoms with Crippen molar-refractivity contribution in [2.45, 2.75) is 70.5 Å². The number of nitriles is 2. The monoisotopic (exact) mass is 524 g/mol. The molecule has 1 saturated heterocycles. The summed E-state index contributed by atoms with van der Waals surface area (Å²) in [6.07, 6.45) is 10.4. The molecule has 3 unspecified atom stereocenters. The smallest absolute Gasteiger partial charge is 0.224 e. The van der Waals surface area contributed by atoms with Gasteiger partial charge in [0.2, 0.25) is 5.95 Å². The van der Waals surface area contributed by atoms with Crippen LogP contribution >= 0.6 is 0 Å². The van der Waals surface area contributed by atoms with Gasteiger partial charge in [-0.25, -0.2) is 4.98 Å². The molecule has 5 aliphatic rings. The molecule has 1 aromatic carbocycles. The van der Waals surface area contributed by atoms with Crippen LogP contribution < -0.4 is 16.0 Å². The van der Waals surface area contributed by atoms with Crippen molar-refractivity contribution in [1.29, 1.82) is 10.5 Å². The van der Waals surface area contributed by atoms with Crippen LogP contribution in [0.3, 0.4) is 0 Å². The fourth-order valence-electron chi connectivity index (χ4n) is 8.25. The summed E-state index contributed by atoms with van der Waals surface area (Å²) >= 11 is 0. The van der Waals surface area contributed by atoms with Crippen molar-refractivity contribution in [2.24, 2.45) is 23.2 Å². The molecule has 4 bridgehead atoms. The van der Waals surface area contributed by atoms with E-state index in [9.17, 15) is 5.26 Å². The second-order valence-corrected chi connectivity index (χ2v) is 12.6. The molecule has 7 rings (SSSR count). The molecule has 0 radical (unpaired) electrons. The molecule has 8 nitrogen and oxygen atoms in total. The molecule has 0 amide bonds. The first-order valence-electron chi connectivity index (χ1n) is 14.7. The Morgan fingerprint density at radius 3 is 2.54 bits per heavy atom. The molecule has 2 aromatic rings. The molecule has 4 aliphatic carbocycles. The summed E-state index contributed by atoms with van der Waals surface area (Å²) in [5.41, 5.74) is 3.24. The Morgan fingerprint density at radius 2 is 1.82 bits per heavy atom. The standard InChI is InChI=1S/C31H40N8/c1-21-4-2-3-5-23(21)18-34-30-35-19-26(17-33)29(38-30)36-20-31-14-22-12-24(15-31)28(25(13-22)16-31)37-27-6-9-39(10-7-27)11-8-32/h2-5,19,22,24-25,27-28,37H,6-7,9-16,18,20H2,1H3,(H2,34,35,36,38)/t22?,24-,25+,28?,31?. The number of hydrogen-bond donors (Lipinski definition) is 3. The Balaban J connectivity index is 1.08. The molecule has 204 valence electrons. The van der Waals surface area contributed by atoms with Crippen LogP contribution in [-0.2, 0) is 6.54 Å². The number of aromatic nitrogens is 2. The molecule has 5 atom stereocenters. The lowest BCUT2D eigenvalue weighted by Gasteiger charge is -2.61. The van der Waals surface area contributed by atoms with Crippen molar-refractivity contribution in [3.63, 3.8) is 0 Å². The molecule has 1 aliphatic heterocycles. The maximum Gasteiger partial charge on any atom is 0.224 e. The van der Waals surface area contributed by atoms with Crippen LogP contribution in [0, 0.1) is 52.8 Å². The molecular weight excluding hydrogens is 484 g/mol. The van der Waals surface area contributed by atoms with Crippen molar-refractivity contribution in [2.75, 3.05) is 36.8 Å². The predicted octanol–water partition coefficient (Wildman–Crippen LogP) is 4.45. The van der Waals surface area contributed by atoms with Crippen LogP contribution in [-0.4, -0.2) is 53.1 Å². The second-order valence-electron chi connectivity index (χ2n) is 12.6. The number of piperidine rings is 1. The minimum atomic E-state index is 0.289. The van der Waals surface area contributed by atoms with Crippen LogP contribution in [0.25, 0.3) is 0 Å². The fourth-order valence-corrected chi connectivity index (χ4v) is 8.25. The van der Waals surface area contributed by atoms with Gasteiger partial charge in [-0.2, -0.15) is 15.5 Å². The Hall–Kier alpha value is -3.20. The molecule has 8 heteroatoms. The zero-order chi connectivity index (χ0) is 26.8. The van der Waals surface area contributed by atoms with Crippen molar-refractivity contribution in [3.05, 3.63) is 47.2 Å². The minimum absolute atomic E-state index is 0.289. The molecule has 4 saturated carbocycles. The largest absolute Gasteiger partial charge is 0.368 e. The SMILES string of the molecule is Cc1ccccc1CNc1ncc(C#N)c(NCC23CC4C[C@H](C2)C(NC2CCN(CC#N)CC2)[C@@H](C4)C3)n1. The van der Waals surface area contributed by atoms with Crippen molar-refractivity contribution in [3.8, 4) is 12.1 Å². The quantitative estimate of drug-likeness (QED) is 0.413. The lowest BCUT2D eigenvalue weighted by molar-refractivity contribution is -0.0734. The number of anilines is 2. The van der Waals surface area contributed by atoms with E-state index in [1.54, 1.807) is 6.20 Å². The van der Waals surface area contributed by atoms with E-state index in [2.05, 4.69) is 57.0 Å². The molecular formula is C31H40N8. The lowest BCUT2D eigenvalue weighted by atomic mass is 9.48. The van der Waals surface area contributed by atoms with Gasteiger partial charge in [0.25, 0.3) is 0 Å². The van der Waals surface area contributed by atoms with E-state index in [1.807, 2.05) is 12.1 Å². The normalized spacial score (nSPS) is 30.0.